The van der Waals surface area contributed by atoms with E-state index < -0.39 is 0 Å². The highest BCUT2D eigenvalue weighted by molar-refractivity contribution is 9.11. The average molecular weight is 414 g/mol. The maximum Gasteiger partial charge on any atom is 0.219 e. The molecule has 5 heteroatoms. The predicted molar refractivity (Wildman–Crippen MR) is 92.9 cm³/mol. The number of pyridine rings is 1. The Labute approximate surface area is 142 Å². The lowest BCUT2D eigenvalue weighted by molar-refractivity contribution is 0.457. The van der Waals surface area contributed by atoms with Gasteiger partial charge >= 0.3 is 0 Å². The zero-order valence-electron chi connectivity index (χ0n) is 12.1. The molecule has 2 rings (SSSR count). The lowest BCUT2D eigenvalue weighted by atomic mass is 10.1. The first-order valence-electron chi connectivity index (χ1n) is 6.92. The van der Waals surface area contributed by atoms with E-state index in [4.69, 9.17) is 4.74 Å². The van der Waals surface area contributed by atoms with Gasteiger partial charge in [-0.2, -0.15) is 0 Å². The topological polar surface area (TPSA) is 34.2 Å². The Morgan fingerprint density at radius 1 is 1.24 bits per heavy atom. The first-order chi connectivity index (χ1) is 10.1. The van der Waals surface area contributed by atoms with E-state index in [1.54, 1.807) is 6.20 Å². The van der Waals surface area contributed by atoms with Crippen molar-refractivity contribution in [2.45, 2.75) is 26.3 Å². The molecular formula is C16H18Br2N2O. The lowest BCUT2D eigenvalue weighted by Gasteiger charge is -2.14. The lowest BCUT2D eigenvalue weighted by Crippen LogP contribution is -2.19. The van der Waals surface area contributed by atoms with Gasteiger partial charge in [0.1, 0.15) is 5.75 Å². The van der Waals surface area contributed by atoms with Crippen molar-refractivity contribution in [1.82, 2.24) is 10.3 Å². The third kappa shape index (κ3) is 4.80. The number of nitrogens with one attached hydrogen (secondary N) is 1. The molecule has 1 aromatic heterocycles. The Kier molecular flexibility index (Phi) is 6.21. The summed E-state index contributed by atoms with van der Waals surface area (Å²) < 4.78 is 7.74. The van der Waals surface area contributed by atoms with Gasteiger partial charge in [-0.25, -0.2) is 4.98 Å². The zero-order valence-corrected chi connectivity index (χ0v) is 15.2. The molecule has 0 radical (unpaired) electrons. The highest BCUT2D eigenvalue weighted by Gasteiger charge is 2.08. The molecule has 0 fully saturated rings. The van der Waals surface area contributed by atoms with E-state index in [-0.39, 0.29) is 6.04 Å². The van der Waals surface area contributed by atoms with Gasteiger partial charge in [0, 0.05) is 22.8 Å². The van der Waals surface area contributed by atoms with Crippen LogP contribution in [-0.2, 0) is 0 Å². The Morgan fingerprint density at radius 3 is 2.76 bits per heavy atom. The molecule has 0 amide bonds. The second-order valence-electron chi connectivity index (χ2n) is 4.78. The van der Waals surface area contributed by atoms with Crippen molar-refractivity contribution in [2.75, 3.05) is 6.54 Å². The summed E-state index contributed by atoms with van der Waals surface area (Å²) in [6, 6.07) is 10.1. The molecule has 2 aromatic rings. The molecule has 1 N–H and O–H groups in total. The van der Waals surface area contributed by atoms with Crippen LogP contribution in [0.5, 0.6) is 11.6 Å². The molecule has 1 atom stereocenters. The van der Waals surface area contributed by atoms with Crippen molar-refractivity contribution in [2.24, 2.45) is 0 Å². The number of halogens is 2. The SMILES string of the molecule is CCCNC(C)c1ccnc(Oc2ccc(Br)cc2Br)c1. The maximum atomic E-state index is 5.85. The van der Waals surface area contributed by atoms with Gasteiger partial charge < -0.3 is 10.1 Å². The summed E-state index contributed by atoms with van der Waals surface area (Å²) in [5.74, 6) is 1.35. The van der Waals surface area contributed by atoms with Crippen LogP contribution in [0.4, 0.5) is 0 Å². The smallest absolute Gasteiger partial charge is 0.219 e. The third-order valence-electron chi connectivity index (χ3n) is 3.07. The van der Waals surface area contributed by atoms with Gasteiger partial charge in [-0.15, -0.1) is 0 Å². The highest BCUT2D eigenvalue weighted by atomic mass is 79.9. The van der Waals surface area contributed by atoms with Crippen LogP contribution in [0.2, 0.25) is 0 Å². The van der Waals surface area contributed by atoms with Gasteiger partial charge in [0.15, 0.2) is 0 Å². The van der Waals surface area contributed by atoms with Crippen molar-refractivity contribution in [3.8, 4) is 11.6 Å². The van der Waals surface area contributed by atoms with Crippen molar-refractivity contribution in [3.63, 3.8) is 0 Å². The van der Waals surface area contributed by atoms with Crippen LogP contribution in [0.15, 0.2) is 45.5 Å². The standard InChI is InChI=1S/C16H18Br2N2O/c1-3-7-19-11(2)12-6-8-20-16(9-12)21-15-5-4-13(17)10-14(15)18/h4-6,8-11,19H,3,7H2,1-2H3. The fourth-order valence-electron chi connectivity index (χ4n) is 1.90. The van der Waals surface area contributed by atoms with Gasteiger partial charge in [0.2, 0.25) is 5.88 Å². The van der Waals surface area contributed by atoms with Crippen LogP contribution in [0.25, 0.3) is 0 Å². The molecule has 3 nitrogen and oxygen atoms in total. The van der Waals surface area contributed by atoms with E-state index in [1.165, 1.54) is 5.56 Å². The van der Waals surface area contributed by atoms with Crippen LogP contribution in [0, 0.1) is 0 Å². The number of benzene rings is 1. The summed E-state index contributed by atoms with van der Waals surface area (Å²) >= 11 is 6.92. The monoisotopic (exact) mass is 412 g/mol. The number of ether oxygens (including phenoxy) is 1. The minimum atomic E-state index is 0.281. The molecule has 0 spiro atoms. The van der Waals surface area contributed by atoms with Crippen LogP contribution in [0.1, 0.15) is 31.9 Å². The molecule has 112 valence electrons. The maximum absolute atomic E-state index is 5.85. The molecule has 1 unspecified atom stereocenters. The van der Waals surface area contributed by atoms with Crippen LogP contribution in [0.3, 0.4) is 0 Å². The Balaban J connectivity index is 2.13. The van der Waals surface area contributed by atoms with Gasteiger partial charge in [-0.3, -0.25) is 0 Å². The minimum Gasteiger partial charge on any atom is -0.438 e. The fourth-order valence-corrected chi connectivity index (χ4v) is 3.03. The molecule has 1 aromatic carbocycles. The molecule has 21 heavy (non-hydrogen) atoms. The van der Waals surface area contributed by atoms with E-state index in [0.717, 1.165) is 27.7 Å². The van der Waals surface area contributed by atoms with Crippen LogP contribution < -0.4 is 10.1 Å². The summed E-state index contributed by atoms with van der Waals surface area (Å²) in [7, 11) is 0. The fraction of sp³-hybridized carbons (Fsp3) is 0.312. The normalized spacial score (nSPS) is 12.2. The van der Waals surface area contributed by atoms with Crippen molar-refractivity contribution >= 4 is 31.9 Å². The Hall–Kier alpha value is -0.910. The average Bonchev–Trinajstić information content (AvgIpc) is 2.48. The largest absolute Gasteiger partial charge is 0.438 e. The number of rotatable bonds is 6. The van der Waals surface area contributed by atoms with E-state index in [2.05, 4.69) is 56.0 Å². The van der Waals surface area contributed by atoms with Crippen molar-refractivity contribution in [3.05, 3.63) is 51.0 Å². The number of aromatic nitrogens is 1. The first-order valence-corrected chi connectivity index (χ1v) is 8.51. The quantitative estimate of drug-likeness (QED) is 0.682. The number of hydrogen-bond acceptors (Lipinski definition) is 3. The van der Waals surface area contributed by atoms with Gasteiger partial charge in [-0.1, -0.05) is 22.9 Å². The molecule has 0 aliphatic rings. The zero-order chi connectivity index (χ0) is 15.2. The molecule has 0 bridgehead atoms. The molecule has 0 aliphatic heterocycles. The Bertz CT molecular complexity index is 605. The van der Waals surface area contributed by atoms with Crippen LogP contribution in [-0.4, -0.2) is 11.5 Å². The summed E-state index contributed by atoms with van der Waals surface area (Å²) in [4.78, 5) is 4.28. The minimum absolute atomic E-state index is 0.281. The van der Waals surface area contributed by atoms with Gasteiger partial charge in [-0.05, 0) is 65.6 Å². The second-order valence-corrected chi connectivity index (χ2v) is 6.55. The van der Waals surface area contributed by atoms with Crippen LogP contribution >= 0.6 is 31.9 Å². The van der Waals surface area contributed by atoms with E-state index in [9.17, 15) is 0 Å². The summed E-state index contributed by atoms with van der Waals surface area (Å²) in [6.45, 7) is 5.30. The molecule has 0 saturated carbocycles. The molecule has 1 heterocycles. The van der Waals surface area contributed by atoms with Gasteiger partial charge in [0.25, 0.3) is 0 Å². The van der Waals surface area contributed by atoms with Gasteiger partial charge in [0.05, 0.1) is 4.47 Å². The van der Waals surface area contributed by atoms with Crippen molar-refractivity contribution < 1.29 is 4.74 Å². The molecule has 0 saturated heterocycles. The summed E-state index contributed by atoms with van der Waals surface area (Å²) in [6.07, 6.45) is 2.90. The first kappa shape index (κ1) is 16.5. The summed E-state index contributed by atoms with van der Waals surface area (Å²) in [5, 5.41) is 3.46. The third-order valence-corrected chi connectivity index (χ3v) is 4.18. The second kappa shape index (κ2) is 7.92. The van der Waals surface area contributed by atoms with E-state index >= 15 is 0 Å². The number of nitrogens with zero attached hydrogens (tertiary/aromatic N) is 1. The Morgan fingerprint density at radius 2 is 2.05 bits per heavy atom. The molecule has 0 aliphatic carbocycles. The molecular weight excluding hydrogens is 396 g/mol. The van der Waals surface area contributed by atoms with E-state index in [0.29, 0.717) is 5.88 Å². The predicted octanol–water partition coefficient (Wildman–Crippen LogP) is 5.46. The summed E-state index contributed by atoms with van der Waals surface area (Å²) in [5.41, 5.74) is 1.17. The highest BCUT2D eigenvalue weighted by Crippen LogP contribution is 2.31. The number of hydrogen-bond donors (Lipinski definition) is 1. The van der Waals surface area contributed by atoms with Crippen molar-refractivity contribution in [1.29, 1.82) is 0 Å². The van der Waals surface area contributed by atoms with E-state index in [1.807, 2.05) is 30.3 Å².